The molecule has 2 rings (SSSR count). The standard InChI is InChI=1S/C12H18N4/c1-16(11-5-6-11)12(13)15-9-7-10-4-2-3-8-14-10/h2-4,8,11H,5-7,9H2,1H3,(H2,13,15). The minimum absolute atomic E-state index is 0.624. The largest absolute Gasteiger partial charge is 0.370 e. The minimum atomic E-state index is 0.624. The summed E-state index contributed by atoms with van der Waals surface area (Å²) >= 11 is 0. The van der Waals surface area contributed by atoms with Gasteiger partial charge in [-0.2, -0.15) is 0 Å². The molecule has 0 saturated heterocycles. The van der Waals surface area contributed by atoms with Crippen molar-refractivity contribution in [2.24, 2.45) is 10.7 Å². The van der Waals surface area contributed by atoms with E-state index in [1.807, 2.05) is 25.2 Å². The van der Waals surface area contributed by atoms with E-state index in [-0.39, 0.29) is 0 Å². The number of nitrogens with zero attached hydrogens (tertiary/aromatic N) is 3. The second kappa shape index (κ2) is 4.96. The third-order valence-corrected chi connectivity index (χ3v) is 2.82. The van der Waals surface area contributed by atoms with Crippen molar-refractivity contribution in [3.63, 3.8) is 0 Å². The molecular weight excluding hydrogens is 200 g/mol. The van der Waals surface area contributed by atoms with Crippen LogP contribution >= 0.6 is 0 Å². The van der Waals surface area contributed by atoms with Crippen molar-refractivity contribution in [3.05, 3.63) is 30.1 Å². The first-order valence-corrected chi connectivity index (χ1v) is 5.70. The van der Waals surface area contributed by atoms with Gasteiger partial charge in [0.25, 0.3) is 0 Å². The smallest absolute Gasteiger partial charge is 0.191 e. The fourth-order valence-corrected chi connectivity index (χ4v) is 1.59. The molecule has 1 aromatic rings. The van der Waals surface area contributed by atoms with E-state index in [0.717, 1.165) is 12.1 Å². The first-order chi connectivity index (χ1) is 7.77. The molecule has 0 spiro atoms. The topological polar surface area (TPSA) is 54.5 Å². The molecule has 1 aromatic heterocycles. The van der Waals surface area contributed by atoms with Gasteiger partial charge in [-0.05, 0) is 25.0 Å². The summed E-state index contributed by atoms with van der Waals surface area (Å²) in [7, 11) is 2.01. The van der Waals surface area contributed by atoms with Crippen molar-refractivity contribution in [1.82, 2.24) is 9.88 Å². The Morgan fingerprint density at radius 1 is 1.56 bits per heavy atom. The van der Waals surface area contributed by atoms with Crippen molar-refractivity contribution in [2.45, 2.75) is 25.3 Å². The molecule has 1 aliphatic carbocycles. The van der Waals surface area contributed by atoms with Gasteiger partial charge in [0, 0.05) is 37.9 Å². The van der Waals surface area contributed by atoms with Gasteiger partial charge in [-0.25, -0.2) is 0 Å². The van der Waals surface area contributed by atoms with E-state index in [0.29, 0.717) is 18.5 Å². The third-order valence-electron chi connectivity index (χ3n) is 2.82. The van der Waals surface area contributed by atoms with E-state index < -0.39 is 0 Å². The summed E-state index contributed by atoms with van der Waals surface area (Å²) in [5.74, 6) is 0.651. The molecule has 1 fully saturated rings. The lowest BCUT2D eigenvalue weighted by molar-refractivity contribution is 0.487. The second-order valence-electron chi connectivity index (χ2n) is 4.15. The zero-order chi connectivity index (χ0) is 11.4. The maximum Gasteiger partial charge on any atom is 0.191 e. The predicted octanol–water partition coefficient (Wildman–Crippen LogP) is 1.03. The van der Waals surface area contributed by atoms with Gasteiger partial charge in [0.1, 0.15) is 0 Å². The highest BCUT2D eigenvalue weighted by Crippen LogP contribution is 2.24. The van der Waals surface area contributed by atoms with Gasteiger partial charge in [0.2, 0.25) is 0 Å². The van der Waals surface area contributed by atoms with Crippen molar-refractivity contribution in [2.75, 3.05) is 13.6 Å². The second-order valence-corrected chi connectivity index (χ2v) is 4.15. The fourth-order valence-electron chi connectivity index (χ4n) is 1.59. The summed E-state index contributed by atoms with van der Waals surface area (Å²) < 4.78 is 0. The third kappa shape index (κ3) is 2.95. The van der Waals surface area contributed by atoms with Crippen LogP contribution in [0.25, 0.3) is 0 Å². The molecule has 1 heterocycles. The van der Waals surface area contributed by atoms with E-state index in [1.54, 1.807) is 6.20 Å². The first kappa shape index (κ1) is 10.9. The van der Waals surface area contributed by atoms with Crippen LogP contribution in [0, 0.1) is 0 Å². The molecule has 0 atom stereocenters. The van der Waals surface area contributed by atoms with Crippen LogP contribution in [-0.2, 0) is 6.42 Å². The average molecular weight is 218 g/mol. The van der Waals surface area contributed by atoms with Crippen LogP contribution < -0.4 is 5.73 Å². The molecule has 0 amide bonds. The van der Waals surface area contributed by atoms with E-state index in [9.17, 15) is 0 Å². The molecule has 0 unspecified atom stereocenters. The van der Waals surface area contributed by atoms with Gasteiger partial charge in [0.15, 0.2) is 5.96 Å². The quantitative estimate of drug-likeness (QED) is 0.606. The van der Waals surface area contributed by atoms with Crippen LogP contribution in [0.1, 0.15) is 18.5 Å². The van der Waals surface area contributed by atoms with Crippen molar-refractivity contribution < 1.29 is 0 Å². The van der Waals surface area contributed by atoms with Crippen molar-refractivity contribution >= 4 is 5.96 Å². The molecule has 86 valence electrons. The molecular formula is C12H18N4. The van der Waals surface area contributed by atoms with Crippen LogP contribution in [0.3, 0.4) is 0 Å². The van der Waals surface area contributed by atoms with Gasteiger partial charge >= 0.3 is 0 Å². The average Bonchev–Trinajstić information content (AvgIpc) is 3.13. The summed E-state index contributed by atoms with van der Waals surface area (Å²) in [5, 5.41) is 0. The molecule has 4 heteroatoms. The number of guanidine groups is 1. The fraction of sp³-hybridized carbons (Fsp3) is 0.500. The van der Waals surface area contributed by atoms with Crippen molar-refractivity contribution in [3.8, 4) is 0 Å². The Bertz CT molecular complexity index is 357. The Kier molecular flexibility index (Phi) is 3.39. The van der Waals surface area contributed by atoms with E-state index in [1.165, 1.54) is 12.8 Å². The van der Waals surface area contributed by atoms with Gasteiger partial charge in [-0.15, -0.1) is 0 Å². The summed E-state index contributed by atoms with van der Waals surface area (Å²) in [6.45, 7) is 0.708. The minimum Gasteiger partial charge on any atom is -0.370 e. The lowest BCUT2D eigenvalue weighted by atomic mass is 10.3. The van der Waals surface area contributed by atoms with E-state index in [4.69, 9.17) is 5.73 Å². The molecule has 0 aliphatic heterocycles. The summed E-state index contributed by atoms with van der Waals surface area (Å²) in [6, 6.07) is 6.54. The summed E-state index contributed by atoms with van der Waals surface area (Å²) in [5.41, 5.74) is 6.94. The Hall–Kier alpha value is -1.58. The van der Waals surface area contributed by atoms with Crippen LogP contribution in [0.5, 0.6) is 0 Å². The number of hydrogen-bond donors (Lipinski definition) is 1. The molecule has 0 aromatic carbocycles. The Morgan fingerprint density at radius 2 is 2.38 bits per heavy atom. The van der Waals surface area contributed by atoms with Gasteiger partial charge in [-0.1, -0.05) is 6.07 Å². The van der Waals surface area contributed by atoms with Crippen LogP contribution in [0.4, 0.5) is 0 Å². The molecule has 16 heavy (non-hydrogen) atoms. The highest BCUT2D eigenvalue weighted by Gasteiger charge is 2.27. The zero-order valence-corrected chi connectivity index (χ0v) is 9.63. The highest BCUT2D eigenvalue weighted by atomic mass is 15.3. The monoisotopic (exact) mass is 218 g/mol. The number of pyridine rings is 1. The molecule has 1 aliphatic rings. The maximum absolute atomic E-state index is 5.88. The number of aliphatic imine (C=N–C) groups is 1. The van der Waals surface area contributed by atoms with Crippen molar-refractivity contribution in [1.29, 1.82) is 0 Å². The number of nitrogens with two attached hydrogens (primary N) is 1. The molecule has 4 nitrogen and oxygen atoms in total. The lowest BCUT2D eigenvalue weighted by Gasteiger charge is -2.16. The molecule has 2 N–H and O–H groups in total. The Morgan fingerprint density at radius 3 is 3.00 bits per heavy atom. The van der Waals surface area contributed by atoms with Crippen LogP contribution in [0.2, 0.25) is 0 Å². The van der Waals surface area contributed by atoms with E-state index >= 15 is 0 Å². The first-order valence-electron chi connectivity index (χ1n) is 5.70. The summed E-state index contributed by atoms with van der Waals surface area (Å²) in [6.07, 6.45) is 5.14. The predicted molar refractivity (Wildman–Crippen MR) is 65.2 cm³/mol. The Labute approximate surface area is 96.2 Å². The molecule has 1 saturated carbocycles. The van der Waals surface area contributed by atoms with Gasteiger partial charge < -0.3 is 10.6 Å². The highest BCUT2D eigenvalue weighted by molar-refractivity contribution is 5.78. The van der Waals surface area contributed by atoms with Gasteiger partial charge in [0.05, 0.1) is 0 Å². The van der Waals surface area contributed by atoms with E-state index in [2.05, 4.69) is 14.9 Å². The Balaban J connectivity index is 1.80. The molecule has 0 bridgehead atoms. The van der Waals surface area contributed by atoms with Gasteiger partial charge in [-0.3, -0.25) is 9.98 Å². The normalized spacial score (nSPS) is 16.2. The number of rotatable bonds is 4. The van der Waals surface area contributed by atoms with Crippen LogP contribution in [0.15, 0.2) is 29.4 Å². The zero-order valence-electron chi connectivity index (χ0n) is 9.63. The SMILES string of the molecule is CN(C(N)=NCCc1ccccn1)C1CC1. The number of aromatic nitrogens is 1. The molecule has 0 radical (unpaired) electrons. The summed E-state index contributed by atoms with van der Waals surface area (Å²) in [4.78, 5) is 10.7. The maximum atomic E-state index is 5.88. The lowest BCUT2D eigenvalue weighted by Crippen LogP contribution is -2.35. The number of hydrogen-bond acceptors (Lipinski definition) is 2. The van der Waals surface area contributed by atoms with Crippen LogP contribution in [-0.4, -0.2) is 35.5 Å².